The Labute approximate surface area is 206 Å². The Kier molecular flexibility index (Phi) is 7.26. The number of carbonyl (C=O) groups is 1. The van der Waals surface area contributed by atoms with E-state index >= 15 is 0 Å². The first kappa shape index (κ1) is 23.1. The second-order valence-corrected chi connectivity index (χ2v) is 8.38. The number of benzene rings is 4. The summed E-state index contributed by atoms with van der Waals surface area (Å²) in [5.41, 5.74) is 2.14. The number of amides is 1. The fraction of sp³-hybridized carbons (Fsp3) is 0.0714. The van der Waals surface area contributed by atoms with Crippen LogP contribution in [-0.2, 0) is 11.4 Å². The summed E-state index contributed by atoms with van der Waals surface area (Å²) >= 11 is 3.41. The first-order valence-electron chi connectivity index (χ1n) is 10.5. The van der Waals surface area contributed by atoms with Gasteiger partial charge in [-0.25, -0.2) is 0 Å². The van der Waals surface area contributed by atoms with Crippen LogP contribution >= 0.6 is 15.9 Å². The smallest absolute Gasteiger partial charge is 0.266 e. The average Bonchev–Trinajstić information content (AvgIpc) is 2.87. The Balaban J connectivity index is 1.56. The van der Waals surface area contributed by atoms with Gasteiger partial charge in [0, 0.05) is 21.1 Å². The zero-order chi connectivity index (χ0) is 23.9. The summed E-state index contributed by atoms with van der Waals surface area (Å²) in [6.45, 7) is 0.274. The minimum atomic E-state index is -0.470. The van der Waals surface area contributed by atoms with Gasteiger partial charge in [-0.05, 0) is 59.5 Å². The number of anilines is 1. The monoisotopic (exact) mass is 512 g/mol. The lowest BCUT2D eigenvalue weighted by molar-refractivity contribution is -0.112. The maximum Gasteiger partial charge on any atom is 0.266 e. The van der Waals surface area contributed by atoms with Crippen molar-refractivity contribution in [3.8, 4) is 17.6 Å². The van der Waals surface area contributed by atoms with Gasteiger partial charge in [-0.15, -0.1) is 0 Å². The van der Waals surface area contributed by atoms with Crippen molar-refractivity contribution in [3.63, 3.8) is 0 Å². The molecule has 4 aromatic carbocycles. The van der Waals surface area contributed by atoms with Crippen LogP contribution in [0.25, 0.3) is 16.8 Å². The molecule has 0 fully saturated rings. The van der Waals surface area contributed by atoms with Gasteiger partial charge in [-0.3, -0.25) is 4.79 Å². The molecule has 0 aliphatic heterocycles. The normalized spacial score (nSPS) is 11.0. The molecule has 0 bridgehead atoms. The molecule has 4 aromatic rings. The number of nitrogens with one attached hydrogen (secondary N) is 1. The topological polar surface area (TPSA) is 71.3 Å². The number of halogens is 1. The highest BCUT2D eigenvalue weighted by molar-refractivity contribution is 9.10. The van der Waals surface area contributed by atoms with E-state index in [1.54, 1.807) is 25.3 Å². The van der Waals surface area contributed by atoms with Gasteiger partial charge in [0.1, 0.15) is 29.7 Å². The predicted molar refractivity (Wildman–Crippen MR) is 138 cm³/mol. The fourth-order valence-electron chi connectivity index (χ4n) is 3.53. The third kappa shape index (κ3) is 5.45. The quantitative estimate of drug-likeness (QED) is 0.220. The minimum Gasteiger partial charge on any atom is -0.496 e. The number of nitriles is 1. The van der Waals surface area contributed by atoms with Gasteiger partial charge in [0.05, 0.1) is 7.11 Å². The van der Waals surface area contributed by atoms with E-state index in [-0.39, 0.29) is 12.2 Å². The molecule has 6 heteroatoms. The van der Waals surface area contributed by atoms with Crippen molar-refractivity contribution in [2.24, 2.45) is 0 Å². The standard InChI is InChI=1S/C28H21BrN2O3/c1-33-27-14-9-19(16-22(27)18-34-24-12-10-23(29)11-13-24)15-21(17-30)28(32)31-26-8-4-6-20-5-2-3-7-25(20)26/h2-16H,18H2,1H3,(H,31,32). The van der Waals surface area contributed by atoms with E-state index in [2.05, 4.69) is 21.2 Å². The largest absolute Gasteiger partial charge is 0.496 e. The van der Waals surface area contributed by atoms with Crippen LogP contribution in [0.1, 0.15) is 11.1 Å². The van der Waals surface area contributed by atoms with Crippen LogP contribution in [0.4, 0.5) is 5.69 Å². The number of nitrogens with zero attached hydrogens (tertiary/aromatic N) is 1. The number of methoxy groups -OCH3 is 1. The molecule has 1 amide bonds. The Morgan fingerprint density at radius 1 is 1.03 bits per heavy atom. The van der Waals surface area contributed by atoms with E-state index in [4.69, 9.17) is 9.47 Å². The maximum atomic E-state index is 12.9. The molecule has 0 aliphatic rings. The van der Waals surface area contributed by atoms with Crippen LogP contribution in [0.3, 0.4) is 0 Å². The SMILES string of the molecule is COc1ccc(C=C(C#N)C(=O)Nc2cccc3ccccc23)cc1COc1ccc(Br)cc1. The first-order valence-corrected chi connectivity index (χ1v) is 11.3. The van der Waals surface area contributed by atoms with E-state index in [0.29, 0.717) is 17.0 Å². The molecule has 4 rings (SSSR count). The number of hydrogen-bond acceptors (Lipinski definition) is 4. The minimum absolute atomic E-state index is 0.00196. The summed E-state index contributed by atoms with van der Waals surface area (Å²) in [5.74, 6) is 0.911. The van der Waals surface area contributed by atoms with E-state index in [0.717, 1.165) is 26.6 Å². The van der Waals surface area contributed by atoms with Crippen LogP contribution in [0.2, 0.25) is 0 Å². The van der Waals surface area contributed by atoms with Crippen molar-refractivity contribution in [1.82, 2.24) is 0 Å². The molecule has 0 aliphatic carbocycles. The zero-order valence-corrected chi connectivity index (χ0v) is 20.0. The highest BCUT2D eigenvalue weighted by atomic mass is 79.9. The van der Waals surface area contributed by atoms with Gasteiger partial charge >= 0.3 is 0 Å². The molecule has 0 saturated carbocycles. The summed E-state index contributed by atoms with van der Waals surface area (Å²) in [7, 11) is 1.59. The molecule has 0 spiro atoms. The molecule has 0 unspecified atom stereocenters. The zero-order valence-electron chi connectivity index (χ0n) is 18.4. The van der Waals surface area contributed by atoms with Crippen LogP contribution in [0, 0.1) is 11.3 Å². The van der Waals surface area contributed by atoms with Crippen LogP contribution < -0.4 is 14.8 Å². The van der Waals surface area contributed by atoms with Crippen LogP contribution in [-0.4, -0.2) is 13.0 Å². The van der Waals surface area contributed by atoms with Crippen molar-refractivity contribution in [1.29, 1.82) is 5.26 Å². The van der Waals surface area contributed by atoms with Gasteiger partial charge < -0.3 is 14.8 Å². The second-order valence-electron chi connectivity index (χ2n) is 7.46. The first-order chi connectivity index (χ1) is 16.6. The summed E-state index contributed by atoms with van der Waals surface area (Å²) in [6.07, 6.45) is 1.56. The van der Waals surface area contributed by atoms with E-state index < -0.39 is 5.91 Å². The third-order valence-electron chi connectivity index (χ3n) is 5.23. The van der Waals surface area contributed by atoms with Crippen molar-refractivity contribution < 1.29 is 14.3 Å². The van der Waals surface area contributed by atoms with Gasteiger partial charge in [0.2, 0.25) is 0 Å². The Morgan fingerprint density at radius 2 is 1.79 bits per heavy atom. The lowest BCUT2D eigenvalue weighted by Gasteiger charge is -2.12. The van der Waals surface area contributed by atoms with Gasteiger partial charge in [-0.2, -0.15) is 5.26 Å². The summed E-state index contributed by atoms with van der Waals surface area (Å²) in [5, 5.41) is 14.4. The molecule has 0 atom stereocenters. The predicted octanol–water partition coefficient (Wildman–Crippen LogP) is 6.74. The number of fused-ring (bicyclic) bond motifs is 1. The maximum absolute atomic E-state index is 12.9. The highest BCUT2D eigenvalue weighted by Gasteiger charge is 2.12. The summed E-state index contributed by atoms with van der Waals surface area (Å²) in [6, 6.07) is 28.4. The molecule has 34 heavy (non-hydrogen) atoms. The molecule has 168 valence electrons. The summed E-state index contributed by atoms with van der Waals surface area (Å²) < 4.78 is 12.3. The highest BCUT2D eigenvalue weighted by Crippen LogP contribution is 2.26. The van der Waals surface area contributed by atoms with Gasteiger partial charge in [0.15, 0.2) is 0 Å². The second kappa shape index (κ2) is 10.7. The van der Waals surface area contributed by atoms with Crippen LogP contribution in [0.15, 0.2) is 95.0 Å². The molecule has 0 heterocycles. The molecule has 5 nitrogen and oxygen atoms in total. The molecule has 1 N–H and O–H groups in total. The van der Waals surface area contributed by atoms with E-state index in [9.17, 15) is 10.1 Å². The Bertz CT molecular complexity index is 1400. The van der Waals surface area contributed by atoms with Crippen LogP contribution in [0.5, 0.6) is 11.5 Å². The van der Waals surface area contributed by atoms with Crippen molar-refractivity contribution in [2.45, 2.75) is 6.61 Å². The molecule has 0 radical (unpaired) electrons. The van der Waals surface area contributed by atoms with Crippen molar-refractivity contribution in [3.05, 3.63) is 106 Å². The lowest BCUT2D eigenvalue weighted by Crippen LogP contribution is -2.13. The van der Waals surface area contributed by atoms with Gasteiger partial charge in [0.25, 0.3) is 5.91 Å². The molecular weight excluding hydrogens is 492 g/mol. The lowest BCUT2D eigenvalue weighted by atomic mass is 10.1. The Hall–Kier alpha value is -4.08. The number of hydrogen-bond donors (Lipinski definition) is 1. The average molecular weight is 513 g/mol. The van der Waals surface area contributed by atoms with Gasteiger partial charge in [-0.1, -0.05) is 58.4 Å². The third-order valence-corrected chi connectivity index (χ3v) is 5.76. The molecular formula is C28H21BrN2O3. The fourth-order valence-corrected chi connectivity index (χ4v) is 3.80. The number of rotatable bonds is 7. The van der Waals surface area contributed by atoms with Crippen molar-refractivity contribution >= 4 is 44.4 Å². The Morgan fingerprint density at radius 3 is 2.56 bits per heavy atom. The van der Waals surface area contributed by atoms with E-state index in [1.165, 1.54) is 0 Å². The van der Waals surface area contributed by atoms with E-state index in [1.807, 2.05) is 78.9 Å². The number of carbonyl (C=O) groups excluding carboxylic acids is 1. The van der Waals surface area contributed by atoms with Crippen molar-refractivity contribution in [2.75, 3.05) is 12.4 Å². The molecule has 0 aromatic heterocycles. The summed E-state index contributed by atoms with van der Waals surface area (Å²) in [4.78, 5) is 12.9. The number of ether oxygens (including phenoxy) is 2. The molecule has 0 saturated heterocycles.